The summed E-state index contributed by atoms with van der Waals surface area (Å²) >= 11 is 12.5. The number of aromatic amines is 1. The van der Waals surface area contributed by atoms with Gasteiger partial charge in [-0.3, -0.25) is 9.89 Å². The lowest BCUT2D eigenvalue weighted by molar-refractivity contribution is -0.115. The quantitative estimate of drug-likeness (QED) is 0.613. The van der Waals surface area contributed by atoms with Crippen molar-refractivity contribution in [1.29, 1.82) is 0 Å². The molecule has 0 unspecified atom stereocenters. The van der Waals surface area contributed by atoms with Gasteiger partial charge in [0, 0.05) is 33.3 Å². The maximum atomic E-state index is 12.3. The van der Waals surface area contributed by atoms with Gasteiger partial charge in [-0.15, -0.1) is 0 Å². The van der Waals surface area contributed by atoms with E-state index in [9.17, 15) is 4.79 Å². The fourth-order valence-corrected chi connectivity index (χ4v) is 3.44. The summed E-state index contributed by atoms with van der Waals surface area (Å²) in [6.45, 7) is 0. The fraction of sp³-hybridized carbons (Fsp3) is 0.200. The number of hydrogen-bond donors (Lipinski definition) is 2. The number of carbonyl (C=O) groups is 1. The van der Waals surface area contributed by atoms with Crippen LogP contribution >= 0.6 is 23.2 Å². The molecular weight excluding hydrogens is 369 g/mol. The van der Waals surface area contributed by atoms with Gasteiger partial charge in [0.1, 0.15) is 0 Å². The minimum atomic E-state index is -0.120. The van der Waals surface area contributed by atoms with Crippen LogP contribution in [-0.2, 0) is 11.2 Å². The van der Waals surface area contributed by atoms with Crippen LogP contribution in [0.15, 0.2) is 48.5 Å². The van der Waals surface area contributed by atoms with E-state index < -0.39 is 0 Å². The molecule has 1 aliphatic carbocycles. The SMILES string of the molecule is O=C(Cc1ccc(-c2cccc(Cl)c2)c(Cl)c1)Nc1cc(C2CC2)[nH]n1. The Labute approximate surface area is 161 Å². The number of H-pyrrole nitrogens is 1. The predicted octanol–water partition coefficient (Wildman–Crippen LogP) is 5.44. The second-order valence-corrected chi connectivity index (χ2v) is 7.38. The molecule has 4 nitrogen and oxygen atoms in total. The van der Waals surface area contributed by atoms with E-state index in [1.54, 1.807) is 0 Å². The van der Waals surface area contributed by atoms with Crippen molar-refractivity contribution in [1.82, 2.24) is 10.2 Å². The monoisotopic (exact) mass is 385 g/mol. The Kier molecular flexibility index (Phi) is 4.70. The molecule has 2 N–H and O–H groups in total. The first-order valence-electron chi connectivity index (χ1n) is 8.48. The first kappa shape index (κ1) is 17.1. The van der Waals surface area contributed by atoms with E-state index >= 15 is 0 Å². The normalized spacial score (nSPS) is 13.6. The second kappa shape index (κ2) is 7.14. The average molecular weight is 386 g/mol. The van der Waals surface area contributed by atoms with Crippen molar-refractivity contribution < 1.29 is 4.79 Å². The van der Waals surface area contributed by atoms with Crippen molar-refractivity contribution in [2.24, 2.45) is 0 Å². The fourth-order valence-electron chi connectivity index (χ4n) is 2.94. The molecule has 0 saturated heterocycles. The number of nitrogens with one attached hydrogen (secondary N) is 2. The Balaban J connectivity index is 1.44. The first-order chi connectivity index (χ1) is 12.6. The van der Waals surface area contributed by atoms with Crippen molar-refractivity contribution in [3.63, 3.8) is 0 Å². The Morgan fingerprint density at radius 3 is 2.73 bits per heavy atom. The topological polar surface area (TPSA) is 57.8 Å². The van der Waals surface area contributed by atoms with E-state index in [-0.39, 0.29) is 12.3 Å². The number of aromatic nitrogens is 2. The van der Waals surface area contributed by atoms with Crippen molar-refractivity contribution in [3.05, 3.63) is 69.8 Å². The summed E-state index contributed by atoms with van der Waals surface area (Å²) in [6.07, 6.45) is 2.61. The number of amides is 1. The van der Waals surface area contributed by atoms with Gasteiger partial charge in [0.25, 0.3) is 0 Å². The summed E-state index contributed by atoms with van der Waals surface area (Å²) in [6, 6.07) is 15.1. The van der Waals surface area contributed by atoms with Crippen LogP contribution in [0, 0.1) is 0 Å². The third kappa shape index (κ3) is 3.92. The van der Waals surface area contributed by atoms with E-state index in [2.05, 4.69) is 15.5 Å². The van der Waals surface area contributed by atoms with Gasteiger partial charge in [-0.25, -0.2) is 0 Å². The highest BCUT2D eigenvalue weighted by Crippen LogP contribution is 2.39. The smallest absolute Gasteiger partial charge is 0.229 e. The van der Waals surface area contributed by atoms with Crippen molar-refractivity contribution in [2.45, 2.75) is 25.2 Å². The van der Waals surface area contributed by atoms with Gasteiger partial charge >= 0.3 is 0 Å². The van der Waals surface area contributed by atoms with Gasteiger partial charge in [-0.1, -0.05) is 47.5 Å². The van der Waals surface area contributed by atoms with Crippen LogP contribution in [0.25, 0.3) is 11.1 Å². The molecule has 1 aliphatic rings. The summed E-state index contributed by atoms with van der Waals surface area (Å²) in [5.41, 5.74) is 3.77. The van der Waals surface area contributed by atoms with Crippen molar-refractivity contribution in [2.75, 3.05) is 5.32 Å². The molecule has 3 aromatic rings. The predicted molar refractivity (Wildman–Crippen MR) is 105 cm³/mol. The molecule has 2 aromatic carbocycles. The van der Waals surface area contributed by atoms with E-state index in [0.29, 0.717) is 21.8 Å². The average Bonchev–Trinajstić information content (AvgIpc) is 3.35. The lowest BCUT2D eigenvalue weighted by atomic mass is 10.0. The van der Waals surface area contributed by atoms with Gasteiger partial charge in [0.05, 0.1) is 6.42 Å². The van der Waals surface area contributed by atoms with Crippen LogP contribution in [0.1, 0.15) is 30.0 Å². The molecule has 132 valence electrons. The Hall–Kier alpha value is -2.30. The van der Waals surface area contributed by atoms with Gasteiger partial charge in [0.2, 0.25) is 5.91 Å². The number of carbonyl (C=O) groups excluding carboxylic acids is 1. The Morgan fingerprint density at radius 1 is 1.15 bits per heavy atom. The van der Waals surface area contributed by atoms with Gasteiger partial charge < -0.3 is 5.32 Å². The molecule has 1 aromatic heterocycles. The van der Waals surface area contributed by atoms with E-state index in [1.807, 2.05) is 48.5 Å². The Bertz CT molecular complexity index is 963. The number of hydrogen-bond acceptors (Lipinski definition) is 2. The third-order valence-corrected chi connectivity index (χ3v) is 4.96. The molecule has 0 bridgehead atoms. The van der Waals surface area contributed by atoms with Crippen LogP contribution in [0.4, 0.5) is 5.82 Å². The molecule has 1 fully saturated rings. The molecule has 0 radical (unpaired) electrons. The summed E-state index contributed by atoms with van der Waals surface area (Å²) < 4.78 is 0. The molecule has 1 saturated carbocycles. The molecule has 1 heterocycles. The summed E-state index contributed by atoms with van der Waals surface area (Å²) in [4.78, 5) is 12.3. The largest absolute Gasteiger partial charge is 0.309 e. The standard InChI is InChI=1S/C20H17Cl2N3O/c21-15-3-1-2-14(10-15)16-7-4-12(8-17(16)22)9-20(26)23-19-11-18(24-25-19)13-5-6-13/h1-4,7-8,10-11,13H,5-6,9H2,(H2,23,24,25,26). The molecule has 1 amide bonds. The maximum Gasteiger partial charge on any atom is 0.229 e. The second-order valence-electron chi connectivity index (χ2n) is 6.53. The van der Waals surface area contributed by atoms with Crippen molar-refractivity contribution in [3.8, 4) is 11.1 Å². The zero-order valence-electron chi connectivity index (χ0n) is 13.9. The highest BCUT2D eigenvalue weighted by molar-refractivity contribution is 6.34. The van der Waals surface area contributed by atoms with Crippen LogP contribution in [0.2, 0.25) is 10.0 Å². The molecule has 0 spiro atoms. The Morgan fingerprint density at radius 2 is 2.00 bits per heavy atom. The first-order valence-corrected chi connectivity index (χ1v) is 9.23. The zero-order chi connectivity index (χ0) is 18.1. The molecule has 0 atom stereocenters. The van der Waals surface area contributed by atoms with Gasteiger partial charge in [-0.2, -0.15) is 5.10 Å². The van der Waals surface area contributed by atoms with Gasteiger partial charge in [0.15, 0.2) is 5.82 Å². The molecule has 4 rings (SSSR count). The minimum absolute atomic E-state index is 0.120. The minimum Gasteiger partial charge on any atom is -0.309 e. The maximum absolute atomic E-state index is 12.3. The summed E-state index contributed by atoms with van der Waals surface area (Å²) in [7, 11) is 0. The highest BCUT2D eigenvalue weighted by Gasteiger charge is 2.25. The number of nitrogens with zero attached hydrogens (tertiary/aromatic N) is 1. The summed E-state index contributed by atoms with van der Waals surface area (Å²) in [5.74, 6) is 1.02. The van der Waals surface area contributed by atoms with Gasteiger partial charge in [-0.05, 0) is 42.2 Å². The van der Waals surface area contributed by atoms with Crippen LogP contribution in [-0.4, -0.2) is 16.1 Å². The van der Waals surface area contributed by atoms with Crippen LogP contribution < -0.4 is 5.32 Å². The molecular formula is C20H17Cl2N3O. The van der Waals surface area contributed by atoms with Crippen molar-refractivity contribution >= 4 is 34.9 Å². The lowest BCUT2D eigenvalue weighted by Crippen LogP contribution is -2.14. The molecule has 0 aliphatic heterocycles. The number of rotatable bonds is 5. The van der Waals surface area contributed by atoms with E-state index in [0.717, 1.165) is 22.4 Å². The third-order valence-electron chi connectivity index (χ3n) is 4.42. The lowest BCUT2D eigenvalue weighted by Gasteiger charge is -2.08. The number of anilines is 1. The molecule has 6 heteroatoms. The van der Waals surface area contributed by atoms with Crippen LogP contribution in [0.5, 0.6) is 0 Å². The van der Waals surface area contributed by atoms with E-state index in [1.165, 1.54) is 12.8 Å². The highest BCUT2D eigenvalue weighted by atomic mass is 35.5. The zero-order valence-corrected chi connectivity index (χ0v) is 15.4. The summed E-state index contributed by atoms with van der Waals surface area (Å²) in [5, 5.41) is 11.2. The van der Waals surface area contributed by atoms with Crippen LogP contribution in [0.3, 0.4) is 0 Å². The van der Waals surface area contributed by atoms with E-state index in [4.69, 9.17) is 23.2 Å². The number of halogens is 2. The number of benzene rings is 2. The molecule has 26 heavy (non-hydrogen) atoms.